The lowest BCUT2D eigenvalue weighted by Gasteiger charge is -2.24. The van der Waals surface area contributed by atoms with E-state index in [2.05, 4.69) is 0 Å². The van der Waals surface area contributed by atoms with Crippen LogP contribution in [-0.4, -0.2) is 30.1 Å². The number of benzene rings is 3. The third-order valence-corrected chi connectivity index (χ3v) is 4.22. The normalized spacial score (nSPS) is 12.5. The molecule has 1 aliphatic heterocycles. The number of amides is 2. The molecule has 7 heteroatoms. The topological polar surface area (TPSA) is 46.6 Å². The van der Waals surface area contributed by atoms with E-state index in [0.29, 0.717) is 25.1 Å². The maximum absolute atomic E-state index is 13.0. The molecule has 3 aromatic carbocycles. The molecule has 0 spiro atoms. The second kappa shape index (κ2) is 13.6. The van der Waals surface area contributed by atoms with Crippen LogP contribution >= 0.6 is 0 Å². The zero-order valence-electron chi connectivity index (χ0n) is 17.4. The van der Waals surface area contributed by atoms with Gasteiger partial charge in [-0.2, -0.15) is 0 Å². The first-order valence-electron chi connectivity index (χ1n) is 10.1. The quantitative estimate of drug-likeness (QED) is 0.516. The van der Waals surface area contributed by atoms with Crippen LogP contribution in [0.1, 0.15) is 18.4 Å². The Labute approximate surface area is 185 Å². The summed E-state index contributed by atoms with van der Waals surface area (Å²) in [6.07, 6.45) is 0.142. The zero-order valence-corrected chi connectivity index (χ0v) is 17.4. The van der Waals surface area contributed by atoms with E-state index in [0.717, 1.165) is 11.0 Å². The van der Waals surface area contributed by atoms with Crippen molar-refractivity contribution >= 4 is 12.0 Å². The number of halogens is 3. The highest BCUT2D eigenvalue weighted by Crippen LogP contribution is 2.12. The smallest absolute Gasteiger partial charge is 0.416 e. The molecule has 2 amide bonds. The van der Waals surface area contributed by atoms with Gasteiger partial charge in [0, 0.05) is 19.0 Å². The maximum atomic E-state index is 13.0. The molecule has 0 N–H and O–H groups in total. The summed E-state index contributed by atoms with van der Waals surface area (Å²) >= 11 is 0. The highest BCUT2D eigenvalue weighted by Gasteiger charge is 2.25. The fourth-order valence-corrected chi connectivity index (χ4v) is 2.72. The SMILES string of the molecule is Fc1ccccc1.O=C(CCc1cc(F)cc(F)c1)N1CCCOC1=O.c1ccccc1. The van der Waals surface area contributed by atoms with Crippen molar-refractivity contribution in [3.05, 3.63) is 108 Å². The molecular weight excluding hydrogens is 419 g/mol. The number of cyclic esters (lactones) is 1. The molecule has 0 bridgehead atoms. The Morgan fingerprint density at radius 2 is 1.34 bits per heavy atom. The molecule has 1 aliphatic rings. The number of imide groups is 1. The van der Waals surface area contributed by atoms with Crippen molar-refractivity contribution in [3.8, 4) is 0 Å². The fraction of sp³-hybridized carbons (Fsp3) is 0.200. The van der Waals surface area contributed by atoms with Gasteiger partial charge in [0.15, 0.2) is 0 Å². The van der Waals surface area contributed by atoms with Crippen LogP contribution in [0, 0.1) is 17.5 Å². The Morgan fingerprint density at radius 1 is 0.812 bits per heavy atom. The average Bonchev–Trinajstić information content (AvgIpc) is 2.80. The Balaban J connectivity index is 0.000000225. The molecular formula is C25H24F3NO3. The summed E-state index contributed by atoms with van der Waals surface area (Å²) in [7, 11) is 0. The molecule has 1 heterocycles. The summed E-state index contributed by atoms with van der Waals surface area (Å²) < 4.78 is 42.6. The Kier molecular flexibility index (Phi) is 10.5. The van der Waals surface area contributed by atoms with Crippen LogP contribution in [0.15, 0.2) is 84.9 Å². The molecule has 4 rings (SSSR count). The standard InChI is InChI=1S/C13H13F2NO3.C6H5F.C6H6/c14-10-6-9(7-11(15)8-10)2-3-12(17)16-4-1-5-19-13(16)18;7-6-4-2-1-3-5-6;1-2-4-6-5-3-1/h6-8H,1-5H2;1-5H;1-6H. The van der Waals surface area contributed by atoms with Crippen molar-refractivity contribution < 1.29 is 27.5 Å². The molecule has 0 aromatic heterocycles. The minimum absolute atomic E-state index is 0.0119. The van der Waals surface area contributed by atoms with Gasteiger partial charge in [-0.15, -0.1) is 0 Å². The van der Waals surface area contributed by atoms with Crippen LogP contribution < -0.4 is 0 Å². The number of aryl methyl sites for hydroxylation is 1. The fourth-order valence-electron chi connectivity index (χ4n) is 2.72. The van der Waals surface area contributed by atoms with Crippen LogP contribution in [-0.2, 0) is 16.0 Å². The maximum Gasteiger partial charge on any atom is 0.416 e. The van der Waals surface area contributed by atoms with Crippen LogP contribution in [0.25, 0.3) is 0 Å². The van der Waals surface area contributed by atoms with Crippen LogP contribution in [0.2, 0.25) is 0 Å². The van der Waals surface area contributed by atoms with E-state index < -0.39 is 23.6 Å². The summed E-state index contributed by atoms with van der Waals surface area (Å²) in [5.41, 5.74) is 0.385. The number of carbonyl (C=O) groups is 2. The van der Waals surface area contributed by atoms with Gasteiger partial charge in [-0.25, -0.2) is 22.9 Å². The molecule has 168 valence electrons. The molecule has 0 unspecified atom stereocenters. The Morgan fingerprint density at radius 3 is 1.81 bits per heavy atom. The highest BCUT2D eigenvalue weighted by atomic mass is 19.1. The van der Waals surface area contributed by atoms with E-state index >= 15 is 0 Å². The average molecular weight is 443 g/mol. The highest BCUT2D eigenvalue weighted by molar-refractivity contribution is 5.92. The lowest BCUT2D eigenvalue weighted by molar-refractivity contribution is -0.130. The first-order chi connectivity index (χ1) is 15.5. The summed E-state index contributed by atoms with van der Waals surface area (Å²) in [4.78, 5) is 24.1. The molecule has 3 aromatic rings. The molecule has 0 radical (unpaired) electrons. The summed E-state index contributed by atoms with van der Waals surface area (Å²) in [5, 5.41) is 0. The van der Waals surface area contributed by atoms with E-state index in [1.165, 1.54) is 24.3 Å². The number of nitrogens with zero attached hydrogens (tertiary/aromatic N) is 1. The number of rotatable bonds is 3. The van der Waals surface area contributed by atoms with Gasteiger partial charge >= 0.3 is 6.09 Å². The van der Waals surface area contributed by atoms with E-state index in [1.54, 1.807) is 18.2 Å². The van der Waals surface area contributed by atoms with Gasteiger partial charge in [0.2, 0.25) is 5.91 Å². The Bertz CT molecular complexity index is 922. The largest absolute Gasteiger partial charge is 0.449 e. The monoisotopic (exact) mass is 443 g/mol. The minimum atomic E-state index is -0.681. The van der Waals surface area contributed by atoms with E-state index in [-0.39, 0.29) is 18.7 Å². The minimum Gasteiger partial charge on any atom is -0.449 e. The second-order valence-electron chi connectivity index (χ2n) is 6.74. The van der Waals surface area contributed by atoms with E-state index in [4.69, 9.17) is 4.74 Å². The lowest BCUT2D eigenvalue weighted by atomic mass is 10.1. The van der Waals surface area contributed by atoms with Gasteiger partial charge in [-0.1, -0.05) is 54.6 Å². The van der Waals surface area contributed by atoms with Crippen LogP contribution in [0.4, 0.5) is 18.0 Å². The van der Waals surface area contributed by atoms with Gasteiger partial charge in [0.1, 0.15) is 17.5 Å². The number of hydrogen-bond acceptors (Lipinski definition) is 3. The third-order valence-electron chi connectivity index (χ3n) is 4.22. The second-order valence-corrected chi connectivity index (χ2v) is 6.74. The summed E-state index contributed by atoms with van der Waals surface area (Å²) in [6, 6.07) is 23.1. The molecule has 32 heavy (non-hydrogen) atoms. The summed E-state index contributed by atoms with van der Waals surface area (Å²) in [5.74, 6) is -1.93. The van der Waals surface area contributed by atoms with Crippen molar-refractivity contribution in [3.63, 3.8) is 0 Å². The van der Waals surface area contributed by atoms with Gasteiger partial charge in [0.25, 0.3) is 0 Å². The Hall–Kier alpha value is -3.61. The van der Waals surface area contributed by atoms with Crippen LogP contribution in [0.3, 0.4) is 0 Å². The number of ether oxygens (including phenoxy) is 1. The van der Waals surface area contributed by atoms with Crippen molar-refractivity contribution in [2.75, 3.05) is 13.2 Å². The van der Waals surface area contributed by atoms with Crippen molar-refractivity contribution in [2.24, 2.45) is 0 Å². The number of hydrogen-bond donors (Lipinski definition) is 0. The predicted molar refractivity (Wildman–Crippen MR) is 115 cm³/mol. The van der Waals surface area contributed by atoms with Gasteiger partial charge in [-0.05, 0) is 42.7 Å². The third kappa shape index (κ3) is 9.47. The summed E-state index contributed by atoms with van der Waals surface area (Å²) in [6.45, 7) is 0.646. The molecule has 0 aliphatic carbocycles. The van der Waals surface area contributed by atoms with Crippen molar-refractivity contribution in [1.82, 2.24) is 4.90 Å². The molecule has 1 saturated heterocycles. The number of carbonyl (C=O) groups excluding carboxylic acids is 2. The molecule has 0 atom stereocenters. The molecule has 0 saturated carbocycles. The zero-order chi connectivity index (χ0) is 23.2. The van der Waals surface area contributed by atoms with E-state index in [9.17, 15) is 22.8 Å². The van der Waals surface area contributed by atoms with Gasteiger partial charge in [-0.3, -0.25) is 4.79 Å². The molecule has 4 nitrogen and oxygen atoms in total. The first-order valence-corrected chi connectivity index (χ1v) is 10.1. The van der Waals surface area contributed by atoms with Gasteiger partial charge in [0.05, 0.1) is 6.61 Å². The predicted octanol–water partition coefficient (Wildman–Crippen LogP) is 5.78. The van der Waals surface area contributed by atoms with Crippen molar-refractivity contribution in [1.29, 1.82) is 0 Å². The lowest BCUT2D eigenvalue weighted by Crippen LogP contribution is -2.42. The van der Waals surface area contributed by atoms with Crippen molar-refractivity contribution in [2.45, 2.75) is 19.3 Å². The van der Waals surface area contributed by atoms with Gasteiger partial charge < -0.3 is 4.74 Å². The first kappa shape index (κ1) is 24.7. The molecule has 1 fully saturated rings. The van der Waals surface area contributed by atoms with Crippen LogP contribution in [0.5, 0.6) is 0 Å². The van der Waals surface area contributed by atoms with E-state index in [1.807, 2.05) is 36.4 Å².